The molecule has 1 aromatic carbocycles. The highest BCUT2D eigenvalue weighted by molar-refractivity contribution is 7.89. The van der Waals surface area contributed by atoms with Crippen LogP contribution in [0, 0.1) is 13.8 Å². The number of aromatic amines is 1. The first kappa shape index (κ1) is 19.2. The van der Waals surface area contributed by atoms with Gasteiger partial charge in [-0.15, -0.1) is 21.5 Å². The molecule has 0 spiro atoms. The maximum absolute atomic E-state index is 13.1. The number of benzene rings is 1. The lowest BCUT2D eigenvalue weighted by Gasteiger charge is -2.30. The number of aromatic nitrogens is 4. The quantitative estimate of drug-likeness (QED) is 0.689. The second kappa shape index (κ2) is 7.73. The third kappa shape index (κ3) is 3.74. The number of nitrogens with one attached hydrogen (secondary N) is 1. The van der Waals surface area contributed by atoms with E-state index in [9.17, 15) is 8.42 Å². The van der Waals surface area contributed by atoms with Gasteiger partial charge in [-0.2, -0.15) is 9.40 Å². The largest absolute Gasteiger partial charge is 0.281 e. The van der Waals surface area contributed by atoms with Crippen molar-refractivity contribution in [2.75, 3.05) is 13.1 Å². The second-order valence-electron chi connectivity index (χ2n) is 7.16. The van der Waals surface area contributed by atoms with E-state index in [2.05, 4.69) is 32.5 Å². The van der Waals surface area contributed by atoms with Crippen molar-refractivity contribution in [2.24, 2.45) is 0 Å². The Balaban J connectivity index is 1.52. The maximum atomic E-state index is 13.1. The minimum Gasteiger partial charge on any atom is -0.281 e. The molecule has 28 heavy (non-hydrogen) atoms. The van der Waals surface area contributed by atoms with E-state index < -0.39 is 10.0 Å². The lowest BCUT2D eigenvalue weighted by molar-refractivity contribution is 0.314. The van der Waals surface area contributed by atoms with E-state index in [1.807, 2.05) is 18.2 Å². The molecule has 1 aliphatic heterocycles. The standard InChI is InChI=1S/C19H23N5O2S2/c1-13-18(14(2)21-20-13)28(25,26)24-10-6-9-16(12-24)19-23-22-17(27-19)11-15-7-4-3-5-8-15/h3-5,7-8,16H,6,9-12H2,1-2H3,(H,20,21). The summed E-state index contributed by atoms with van der Waals surface area (Å²) in [6.07, 6.45) is 2.49. The Hall–Kier alpha value is -2.10. The van der Waals surface area contributed by atoms with Crippen LogP contribution in [-0.4, -0.2) is 46.2 Å². The van der Waals surface area contributed by atoms with Gasteiger partial charge in [0.2, 0.25) is 10.0 Å². The number of hydrogen-bond donors (Lipinski definition) is 1. The number of hydrogen-bond acceptors (Lipinski definition) is 6. The van der Waals surface area contributed by atoms with Gasteiger partial charge in [0.1, 0.15) is 14.9 Å². The van der Waals surface area contributed by atoms with Crippen LogP contribution < -0.4 is 0 Å². The Morgan fingerprint density at radius 2 is 2.00 bits per heavy atom. The van der Waals surface area contributed by atoms with E-state index in [0.29, 0.717) is 29.4 Å². The zero-order valence-electron chi connectivity index (χ0n) is 15.9. The Kier molecular flexibility index (Phi) is 5.31. The van der Waals surface area contributed by atoms with Crippen molar-refractivity contribution in [2.45, 2.75) is 43.9 Å². The first-order valence-corrected chi connectivity index (χ1v) is 11.6. The van der Waals surface area contributed by atoms with Crippen molar-refractivity contribution in [3.63, 3.8) is 0 Å². The normalized spacial score (nSPS) is 18.4. The van der Waals surface area contributed by atoms with E-state index in [-0.39, 0.29) is 5.92 Å². The fourth-order valence-electron chi connectivity index (χ4n) is 3.69. The van der Waals surface area contributed by atoms with Crippen molar-refractivity contribution < 1.29 is 8.42 Å². The molecule has 1 atom stereocenters. The molecule has 1 unspecified atom stereocenters. The molecule has 1 N–H and O–H groups in total. The summed E-state index contributed by atoms with van der Waals surface area (Å²) in [5.41, 5.74) is 2.30. The van der Waals surface area contributed by atoms with Crippen LogP contribution in [0.3, 0.4) is 0 Å². The van der Waals surface area contributed by atoms with Gasteiger partial charge in [-0.05, 0) is 32.3 Å². The molecule has 148 valence electrons. The molecule has 1 aliphatic rings. The molecular formula is C19H23N5O2S2. The molecule has 3 aromatic rings. The van der Waals surface area contributed by atoms with E-state index in [1.165, 1.54) is 5.56 Å². The molecule has 0 saturated carbocycles. The molecule has 7 nitrogen and oxygen atoms in total. The molecule has 0 bridgehead atoms. The van der Waals surface area contributed by atoms with Gasteiger partial charge >= 0.3 is 0 Å². The Morgan fingerprint density at radius 1 is 1.21 bits per heavy atom. The molecule has 1 saturated heterocycles. The highest BCUT2D eigenvalue weighted by Gasteiger charge is 2.35. The summed E-state index contributed by atoms with van der Waals surface area (Å²) in [4.78, 5) is 0.301. The SMILES string of the molecule is Cc1n[nH]c(C)c1S(=O)(=O)N1CCCC(c2nnc(Cc3ccccc3)s2)C1. The van der Waals surface area contributed by atoms with Gasteiger partial charge in [0.05, 0.1) is 11.4 Å². The van der Waals surface area contributed by atoms with Gasteiger partial charge in [-0.25, -0.2) is 8.42 Å². The predicted molar refractivity (Wildman–Crippen MR) is 108 cm³/mol. The summed E-state index contributed by atoms with van der Waals surface area (Å²) in [6.45, 7) is 4.43. The van der Waals surface area contributed by atoms with E-state index in [0.717, 1.165) is 29.3 Å². The van der Waals surface area contributed by atoms with Crippen LogP contribution in [0.25, 0.3) is 0 Å². The van der Waals surface area contributed by atoms with Crippen LogP contribution in [0.1, 0.15) is 45.7 Å². The Labute approximate surface area is 168 Å². The second-order valence-corrected chi connectivity index (χ2v) is 10.1. The van der Waals surface area contributed by atoms with Crippen LogP contribution in [0.15, 0.2) is 35.2 Å². The summed E-state index contributed by atoms with van der Waals surface area (Å²) < 4.78 is 27.9. The first-order valence-electron chi connectivity index (χ1n) is 9.33. The fraction of sp³-hybridized carbons (Fsp3) is 0.421. The molecule has 0 radical (unpaired) electrons. The highest BCUT2D eigenvalue weighted by Crippen LogP contribution is 2.33. The van der Waals surface area contributed by atoms with Gasteiger partial charge in [0.15, 0.2) is 0 Å². The van der Waals surface area contributed by atoms with Gasteiger partial charge in [0, 0.05) is 25.4 Å². The van der Waals surface area contributed by atoms with Crippen molar-refractivity contribution in [3.05, 3.63) is 57.3 Å². The maximum Gasteiger partial charge on any atom is 0.246 e. The highest BCUT2D eigenvalue weighted by atomic mass is 32.2. The van der Waals surface area contributed by atoms with Crippen LogP contribution in [0.4, 0.5) is 0 Å². The van der Waals surface area contributed by atoms with Gasteiger partial charge in [-0.1, -0.05) is 30.3 Å². The zero-order chi connectivity index (χ0) is 19.7. The molecule has 2 aromatic heterocycles. The monoisotopic (exact) mass is 417 g/mol. The first-order chi connectivity index (χ1) is 13.4. The van der Waals surface area contributed by atoms with Crippen molar-refractivity contribution >= 4 is 21.4 Å². The minimum absolute atomic E-state index is 0.0815. The van der Waals surface area contributed by atoms with Crippen molar-refractivity contribution in [1.29, 1.82) is 0 Å². The van der Waals surface area contributed by atoms with Crippen molar-refractivity contribution in [3.8, 4) is 0 Å². The molecule has 9 heteroatoms. The predicted octanol–water partition coefficient (Wildman–Crippen LogP) is 3.04. The number of sulfonamides is 1. The summed E-state index contributed by atoms with van der Waals surface area (Å²) in [6, 6.07) is 10.2. The summed E-state index contributed by atoms with van der Waals surface area (Å²) >= 11 is 1.59. The molecule has 1 fully saturated rings. The third-order valence-electron chi connectivity index (χ3n) is 5.07. The third-order valence-corrected chi connectivity index (χ3v) is 8.29. The molecule has 4 rings (SSSR count). The van der Waals surface area contributed by atoms with Gasteiger partial charge < -0.3 is 0 Å². The zero-order valence-corrected chi connectivity index (χ0v) is 17.6. The summed E-state index contributed by atoms with van der Waals surface area (Å²) in [5.74, 6) is 0.0815. The number of H-pyrrole nitrogens is 1. The van der Waals surface area contributed by atoms with E-state index in [4.69, 9.17) is 0 Å². The van der Waals surface area contributed by atoms with Gasteiger partial charge in [0.25, 0.3) is 0 Å². The van der Waals surface area contributed by atoms with Crippen LogP contribution in [0.2, 0.25) is 0 Å². The average Bonchev–Trinajstić information content (AvgIpc) is 3.29. The van der Waals surface area contributed by atoms with E-state index in [1.54, 1.807) is 29.5 Å². The number of nitrogens with zero attached hydrogens (tertiary/aromatic N) is 4. The topological polar surface area (TPSA) is 91.8 Å². The Morgan fingerprint density at radius 3 is 2.71 bits per heavy atom. The smallest absolute Gasteiger partial charge is 0.246 e. The minimum atomic E-state index is -3.57. The lowest BCUT2D eigenvalue weighted by Crippen LogP contribution is -2.39. The Bertz CT molecular complexity index is 1040. The summed E-state index contributed by atoms with van der Waals surface area (Å²) in [7, 11) is -3.57. The fourth-order valence-corrected chi connectivity index (χ4v) is 6.54. The molecule has 0 amide bonds. The van der Waals surface area contributed by atoms with Crippen LogP contribution in [0.5, 0.6) is 0 Å². The average molecular weight is 418 g/mol. The number of rotatable bonds is 5. The van der Waals surface area contributed by atoms with Gasteiger partial charge in [-0.3, -0.25) is 5.10 Å². The lowest BCUT2D eigenvalue weighted by atomic mass is 10.0. The van der Waals surface area contributed by atoms with Crippen LogP contribution >= 0.6 is 11.3 Å². The van der Waals surface area contributed by atoms with E-state index >= 15 is 0 Å². The van der Waals surface area contributed by atoms with Crippen LogP contribution in [-0.2, 0) is 16.4 Å². The summed E-state index contributed by atoms with van der Waals surface area (Å²) in [5, 5.41) is 17.4. The number of aryl methyl sites for hydroxylation is 2. The molecular weight excluding hydrogens is 394 g/mol. The van der Waals surface area contributed by atoms with Crippen molar-refractivity contribution in [1.82, 2.24) is 24.7 Å². The molecule has 3 heterocycles. The number of piperidine rings is 1. The molecule has 0 aliphatic carbocycles.